The first kappa shape index (κ1) is 24.4. The number of hydrogen-bond donors (Lipinski definition) is 0. The normalized spacial score (nSPS) is 35.9. The van der Waals surface area contributed by atoms with Crippen LogP contribution in [0.3, 0.4) is 0 Å². The Hall–Kier alpha value is -0.730. The van der Waals surface area contributed by atoms with E-state index in [0.29, 0.717) is 91.0 Å². The number of hydrogen-bond acceptors (Lipinski definition) is 6. The van der Waals surface area contributed by atoms with Crippen LogP contribution in [0.25, 0.3) is 0 Å². The van der Waals surface area contributed by atoms with Crippen LogP contribution in [0, 0.1) is 23.2 Å². The lowest BCUT2D eigenvalue weighted by Gasteiger charge is -2.57. The standard InChI is InChI=1S/C25H43NO6/c27-24(1-2-25-18-21-15-22(19-25)17-23(16-21)20-25)26-3-5-28-7-9-30-11-13-32-14-12-31-10-8-29-6-4-26/h21-23H,1-20H2. The van der Waals surface area contributed by atoms with Crippen molar-refractivity contribution in [1.29, 1.82) is 0 Å². The van der Waals surface area contributed by atoms with Gasteiger partial charge in [0.15, 0.2) is 0 Å². The first-order valence-electron chi connectivity index (χ1n) is 12.9. The van der Waals surface area contributed by atoms with Crippen LogP contribution in [0.4, 0.5) is 0 Å². The largest absolute Gasteiger partial charge is 0.377 e. The highest BCUT2D eigenvalue weighted by molar-refractivity contribution is 5.76. The number of carbonyl (C=O) groups excluding carboxylic acids is 1. The second kappa shape index (κ2) is 12.7. The van der Waals surface area contributed by atoms with Gasteiger partial charge in [-0.1, -0.05) is 0 Å². The average Bonchev–Trinajstić information content (AvgIpc) is 2.76. The van der Waals surface area contributed by atoms with Crippen LogP contribution >= 0.6 is 0 Å². The third-order valence-electron chi connectivity index (χ3n) is 7.89. The molecule has 1 heterocycles. The van der Waals surface area contributed by atoms with E-state index in [9.17, 15) is 4.79 Å². The third-order valence-corrected chi connectivity index (χ3v) is 7.89. The van der Waals surface area contributed by atoms with Gasteiger partial charge in [-0.3, -0.25) is 4.79 Å². The lowest BCUT2D eigenvalue weighted by Crippen LogP contribution is -2.46. The predicted molar refractivity (Wildman–Crippen MR) is 121 cm³/mol. The van der Waals surface area contributed by atoms with Crippen molar-refractivity contribution in [2.45, 2.75) is 51.4 Å². The van der Waals surface area contributed by atoms with Crippen LogP contribution in [0.5, 0.6) is 0 Å². The Morgan fingerprint density at radius 3 is 1.41 bits per heavy atom. The summed E-state index contributed by atoms with van der Waals surface area (Å²) in [7, 11) is 0. The highest BCUT2D eigenvalue weighted by Gasteiger charge is 2.50. The second-order valence-corrected chi connectivity index (χ2v) is 10.4. The van der Waals surface area contributed by atoms with Crippen LogP contribution in [0.2, 0.25) is 0 Å². The third kappa shape index (κ3) is 7.39. The summed E-state index contributed by atoms with van der Waals surface area (Å²) >= 11 is 0. The quantitative estimate of drug-likeness (QED) is 0.655. The molecule has 5 fully saturated rings. The summed E-state index contributed by atoms with van der Waals surface area (Å²) in [5.74, 6) is 3.06. The molecule has 5 rings (SSSR count). The summed E-state index contributed by atoms with van der Waals surface area (Å²) in [4.78, 5) is 15.1. The van der Waals surface area contributed by atoms with E-state index in [2.05, 4.69) is 0 Å². The highest BCUT2D eigenvalue weighted by Crippen LogP contribution is 2.61. The summed E-state index contributed by atoms with van der Waals surface area (Å²) in [6, 6.07) is 0. The average molecular weight is 454 g/mol. The van der Waals surface area contributed by atoms with Gasteiger partial charge in [0.25, 0.3) is 0 Å². The van der Waals surface area contributed by atoms with Gasteiger partial charge in [-0.25, -0.2) is 0 Å². The summed E-state index contributed by atoms with van der Waals surface area (Å²) < 4.78 is 27.9. The Bertz CT molecular complexity index is 517. The number of ether oxygens (including phenoxy) is 5. The van der Waals surface area contributed by atoms with E-state index < -0.39 is 0 Å². The van der Waals surface area contributed by atoms with E-state index in [1.165, 1.54) is 38.5 Å². The SMILES string of the molecule is O=C(CCC12CC3CC(CC(C3)C1)C2)N1CCOCCOCCOCCOCCOCC1. The van der Waals surface area contributed by atoms with Gasteiger partial charge in [0.1, 0.15) is 0 Å². The minimum Gasteiger partial charge on any atom is -0.377 e. The maximum Gasteiger partial charge on any atom is 0.222 e. The van der Waals surface area contributed by atoms with E-state index in [0.717, 1.165) is 24.2 Å². The Balaban J connectivity index is 1.23. The molecule has 0 N–H and O–H groups in total. The Morgan fingerprint density at radius 1 is 0.625 bits per heavy atom. The number of rotatable bonds is 3. The monoisotopic (exact) mass is 453 g/mol. The topological polar surface area (TPSA) is 66.5 Å². The van der Waals surface area contributed by atoms with Crippen molar-refractivity contribution in [3.8, 4) is 0 Å². The zero-order valence-corrected chi connectivity index (χ0v) is 19.8. The van der Waals surface area contributed by atoms with Crippen LogP contribution in [-0.2, 0) is 28.5 Å². The molecule has 0 atom stereocenters. The Morgan fingerprint density at radius 2 is 1.00 bits per heavy atom. The number of nitrogens with zero attached hydrogens (tertiary/aromatic N) is 1. The maximum absolute atomic E-state index is 13.2. The van der Waals surface area contributed by atoms with Crippen LogP contribution in [0.1, 0.15) is 51.4 Å². The lowest BCUT2D eigenvalue weighted by molar-refractivity contribution is -0.135. The fourth-order valence-electron chi connectivity index (χ4n) is 6.82. The van der Waals surface area contributed by atoms with Crippen molar-refractivity contribution in [2.75, 3.05) is 79.2 Å². The molecule has 0 aromatic heterocycles. The van der Waals surface area contributed by atoms with Gasteiger partial charge in [-0.15, -0.1) is 0 Å². The summed E-state index contributed by atoms with van der Waals surface area (Å²) in [6.45, 7) is 6.69. The molecule has 0 aromatic carbocycles. The molecule has 5 aliphatic rings. The van der Waals surface area contributed by atoms with Crippen molar-refractivity contribution < 1.29 is 28.5 Å². The Kier molecular flexibility index (Phi) is 9.65. The first-order valence-corrected chi connectivity index (χ1v) is 12.9. The van der Waals surface area contributed by atoms with Crippen LogP contribution < -0.4 is 0 Å². The van der Waals surface area contributed by atoms with Crippen molar-refractivity contribution in [3.63, 3.8) is 0 Å². The van der Waals surface area contributed by atoms with Gasteiger partial charge in [0.05, 0.1) is 66.1 Å². The van der Waals surface area contributed by atoms with E-state index in [4.69, 9.17) is 23.7 Å². The molecule has 4 saturated carbocycles. The minimum atomic E-state index is 0.256. The minimum absolute atomic E-state index is 0.256. The summed E-state index contributed by atoms with van der Waals surface area (Å²) in [5.41, 5.74) is 0.451. The smallest absolute Gasteiger partial charge is 0.222 e. The molecule has 184 valence electrons. The molecule has 32 heavy (non-hydrogen) atoms. The van der Waals surface area contributed by atoms with E-state index >= 15 is 0 Å². The molecule has 0 radical (unpaired) electrons. The molecule has 0 aromatic rings. The fraction of sp³-hybridized carbons (Fsp3) is 0.960. The highest BCUT2D eigenvalue weighted by atomic mass is 16.6. The summed E-state index contributed by atoms with van der Waals surface area (Å²) in [5, 5.41) is 0. The van der Waals surface area contributed by atoms with Gasteiger partial charge >= 0.3 is 0 Å². The molecule has 1 saturated heterocycles. The summed E-state index contributed by atoms with van der Waals surface area (Å²) in [6.07, 6.45) is 10.2. The predicted octanol–water partition coefficient (Wildman–Crippen LogP) is 2.91. The maximum atomic E-state index is 13.2. The molecule has 7 nitrogen and oxygen atoms in total. The van der Waals surface area contributed by atoms with Gasteiger partial charge in [-0.2, -0.15) is 0 Å². The van der Waals surface area contributed by atoms with Gasteiger partial charge in [0, 0.05) is 19.5 Å². The first-order chi connectivity index (χ1) is 15.7. The van der Waals surface area contributed by atoms with Crippen LogP contribution in [0.15, 0.2) is 0 Å². The van der Waals surface area contributed by atoms with Crippen molar-refractivity contribution in [2.24, 2.45) is 23.2 Å². The van der Waals surface area contributed by atoms with Gasteiger partial charge in [-0.05, 0) is 68.1 Å². The Labute approximate surface area is 193 Å². The van der Waals surface area contributed by atoms with E-state index in [1.807, 2.05) is 4.90 Å². The molecule has 1 aliphatic heterocycles. The zero-order chi connectivity index (χ0) is 22.1. The molecule has 4 bridgehead atoms. The molecule has 0 unspecified atom stereocenters. The van der Waals surface area contributed by atoms with E-state index in [-0.39, 0.29) is 5.91 Å². The molecule has 4 aliphatic carbocycles. The molecule has 0 spiro atoms. The number of amides is 1. The van der Waals surface area contributed by atoms with Gasteiger partial charge in [0.2, 0.25) is 5.91 Å². The van der Waals surface area contributed by atoms with E-state index in [1.54, 1.807) is 0 Å². The molecule has 1 amide bonds. The lowest BCUT2D eigenvalue weighted by atomic mass is 9.48. The van der Waals surface area contributed by atoms with Gasteiger partial charge < -0.3 is 28.6 Å². The fourth-order valence-corrected chi connectivity index (χ4v) is 6.82. The number of carbonyl (C=O) groups is 1. The zero-order valence-electron chi connectivity index (χ0n) is 19.8. The van der Waals surface area contributed by atoms with Crippen LogP contribution in [-0.4, -0.2) is 90.0 Å². The van der Waals surface area contributed by atoms with Crippen molar-refractivity contribution >= 4 is 5.91 Å². The van der Waals surface area contributed by atoms with Crippen molar-refractivity contribution in [1.82, 2.24) is 4.90 Å². The molecular formula is C25H43NO6. The van der Waals surface area contributed by atoms with Crippen molar-refractivity contribution in [3.05, 3.63) is 0 Å². The molecule has 7 heteroatoms. The molecular weight excluding hydrogens is 410 g/mol. The second-order valence-electron chi connectivity index (χ2n) is 10.4.